The van der Waals surface area contributed by atoms with Gasteiger partial charge in [-0.25, -0.2) is 4.79 Å². The number of carbonyl (C=O) groups is 1. The lowest BCUT2D eigenvalue weighted by Crippen LogP contribution is -2.07. The summed E-state index contributed by atoms with van der Waals surface area (Å²) in [5.41, 5.74) is 2.26. The second-order valence-corrected chi connectivity index (χ2v) is 5.57. The van der Waals surface area contributed by atoms with Crippen LogP contribution < -0.4 is 0 Å². The molecule has 0 aliphatic carbocycles. The van der Waals surface area contributed by atoms with Gasteiger partial charge in [-0.15, -0.1) is 0 Å². The maximum absolute atomic E-state index is 12.3. The van der Waals surface area contributed by atoms with E-state index in [-0.39, 0.29) is 6.61 Å². The summed E-state index contributed by atoms with van der Waals surface area (Å²) in [5.74, 6) is -0.486. The van der Waals surface area contributed by atoms with Gasteiger partial charge in [0.1, 0.15) is 17.3 Å². The van der Waals surface area contributed by atoms with Gasteiger partial charge in [0.15, 0.2) is 0 Å². The molecule has 1 aromatic carbocycles. The van der Waals surface area contributed by atoms with Crippen LogP contribution in [0.2, 0.25) is 5.15 Å². The smallest absolute Gasteiger partial charge is 0.343 e. The minimum Gasteiger partial charge on any atom is -0.457 e. The van der Waals surface area contributed by atoms with Crippen molar-refractivity contribution in [3.8, 4) is 6.07 Å². The van der Waals surface area contributed by atoms with Crippen LogP contribution in [0.5, 0.6) is 0 Å². The predicted octanol–water partition coefficient (Wildman–Crippen LogP) is 3.87. The van der Waals surface area contributed by atoms with E-state index in [4.69, 9.17) is 21.6 Å². The summed E-state index contributed by atoms with van der Waals surface area (Å²) in [7, 11) is 0. The van der Waals surface area contributed by atoms with Gasteiger partial charge in [-0.2, -0.15) is 10.4 Å². The van der Waals surface area contributed by atoms with Gasteiger partial charge in [0.05, 0.1) is 17.3 Å². The Kier molecular flexibility index (Phi) is 5.78. The molecule has 1 heterocycles. The lowest BCUT2D eigenvalue weighted by atomic mass is 10.1. The summed E-state index contributed by atoms with van der Waals surface area (Å²) in [4.78, 5) is 12.3. The van der Waals surface area contributed by atoms with E-state index in [0.717, 1.165) is 18.4 Å². The molecule has 0 aliphatic rings. The largest absolute Gasteiger partial charge is 0.457 e. The molecule has 0 saturated carbocycles. The molecule has 0 saturated heterocycles. The van der Waals surface area contributed by atoms with Crippen LogP contribution in [0, 0.1) is 18.3 Å². The van der Waals surface area contributed by atoms with Gasteiger partial charge in [-0.1, -0.05) is 37.1 Å². The number of aryl methyl sites for hydroxylation is 2. The average Bonchev–Trinajstić information content (AvgIpc) is 2.85. The fourth-order valence-electron chi connectivity index (χ4n) is 2.14. The number of aromatic nitrogens is 2. The van der Waals surface area contributed by atoms with Crippen molar-refractivity contribution in [1.82, 2.24) is 9.78 Å². The van der Waals surface area contributed by atoms with Gasteiger partial charge in [0.2, 0.25) is 0 Å². The normalized spacial score (nSPS) is 10.3. The Bertz CT molecular complexity index is 730. The number of hydrogen-bond donors (Lipinski definition) is 0. The Hall–Kier alpha value is -2.32. The van der Waals surface area contributed by atoms with Gasteiger partial charge in [-0.3, -0.25) is 4.68 Å². The van der Waals surface area contributed by atoms with E-state index in [1.165, 1.54) is 0 Å². The number of esters is 1. The number of rotatable bonds is 6. The highest BCUT2D eigenvalue weighted by molar-refractivity contribution is 6.32. The van der Waals surface area contributed by atoms with E-state index < -0.39 is 5.97 Å². The fourth-order valence-corrected chi connectivity index (χ4v) is 2.47. The van der Waals surface area contributed by atoms with E-state index in [0.29, 0.717) is 28.5 Å². The predicted molar refractivity (Wildman–Crippen MR) is 87.2 cm³/mol. The van der Waals surface area contributed by atoms with Crippen LogP contribution in [-0.2, 0) is 17.9 Å². The highest BCUT2D eigenvalue weighted by atomic mass is 35.5. The monoisotopic (exact) mass is 331 g/mol. The molecule has 0 fully saturated rings. The number of unbranched alkanes of at least 4 members (excludes halogenated alkanes) is 1. The van der Waals surface area contributed by atoms with Crippen molar-refractivity contribution in [2.45, 2.75) is 39.8 Å². The molecule has 6 heteroatoms. The molecule has 2 aromatic rings. The van der Waals surface area contributed by atoms with Gasteiger partial charge in [-0.05, 0) is 31.0 Å². The Labute approximate surface area is 140 Å². The molecule has 0 N–H and O–H groups in total. The van der Waals surface area contributed by atoms with E-state index in [1.807, 2.05) is 6.07 Å². The number of hydrogen-bond acceptors (Lipinski definition) is 4. The summed E-state index contributed by atoms with van der Waals surface area (Å²) in [5, 5.41) is 13.4. The third kappa shape index (κ3) is 4.11. The molecule has 0 atom stereocenters. The summed E-state index contributed by atoms with van der Waals surface area (Å²) >= 11 is 6.25. The molecule has 0 aliphatic heterocycles. The summed E-state index contributed by atoms with van der Waals surface area (Å²) < 4.78 is 6.95. The zero-order valence-corrected chi connectivity index (χ0v) is 13.9. The highest BCUT2D eigenvalue weighted by Gasteiger charge is 2.21. The SMILES string of the molecule is CCCCn1nc(C)c(C(=O)OCc2ccc(C#N)cc2)c1Cl. The Morgan fingerprint density at radius 1 is 1.39 bits per heavy atom. The molecule has 23 heavy (non-hydrogen) atoms. The van der Waals surface area contributed by atoms with Crippen LogP contribution >= 0.6 is 11.6 Å². The zero-order chi connectivity index (χ0) is 16.8. The third-order valence-electron chi connectivity index (χ3n) is 3.45. The molecule has 5 nitrogen and oxygen atoms in total. The van der Waals surface area contributed by atoms with Crippen molar-refractivity contribution < 1.29 is 9.53 Å². The van der Waals surface area contributed by atoms with Gasteiger partial charge < -0.3 is 4.74 Å². The quantitative estimate of drug-likeness (QED) is 0.753. The van der Waals surface area contributed by atoms with Crippen molar-refractivity contribution in [2.24, 2.45) is 0 Å². The molecule has 1 aromatic heterocycles. The number of nitrogens with zero attached hydrogens (tertiary/aromatic N) is 3. The second kappa shape index (κ2) is 7.80. The lowest BCUT2D eigenvalue weighted by Gasteiger charge is -2.05. The molecule has 0 bridgehead atoms. The second-order valence-electron chi connectivity index (χ2n) is 5.21. The summed E-state index contributed by atoms with van der Waals surface area (Å²) in [6, 6.07) is 8.92. The minimum atomic E-state index is -0.486. The summed E-state index contributed by atoms with van der Waals surface area (Å²) in [6.45, 7) is 4.63. The van der Waals surface area contributed by atoms with Crippen LogP contribution in [0.15, 0.2) is 24.3 Å². The van der Waals surface area contributed by atoms with Crippen LogP contribution in [0.1, 0.15) is 46.9 Å². The Morgan fingerprint density at radius 2 is 2.09 bits per heavy atom. The first-order valence-electron chi connectivity index (χ1n) is 7.45. The molecule has 2 rings (SSSR count). The maximum Gasteiger partial charge on any atom is 0.343 e. The first kappa shape index (κ1) is 17.0. The topological polar surface area (TPSA) is 67.9 Å². The van der Waals surface area contributed by atoms with Crippen LogP contribution in [0.3, 0.4) is 0 Å². The lowest BCUT2D eigenvalue weighted by molar-refractivity contribution is 0.0472. The molecule has 0 radical (unpaired) electrons. The van der Waals surface area contributed by atoms with E-state index in [2.05, 4.69) is 12.0 Å². The van der Waals surface area contributed by atoms with E-state index in [1.54, 1.807) is 35.9 Å². The van der Waals surface area contributed by atoms with E-state index in [9.17, 15) is 4.79 Å². The van der Waals surface area contributed by atoms with Crippen LogP contribution in [0.25, 0.3) is 0 Å². The highest BCUT2D eigenvalue weighted by Crippen LogP contribution is 2.22. The molecule has 120 valence electrons. The minimum absolute atomic E-state index is 0.125. The van der Waals surface area contributed by atoms with Gasteiger partial charge in [0.25, 0.3) is 0 Å². The molecule has 0 amide bonds. The zero-order valence-electron chi connectivity index (χ0n) is 13.2. The fraction of sp³-hybridized carbons (Fsp3) is 0.353. The molecule has 0 unspecified atom stereocenters. The van der Waals surface area contributed by atoms with Crippen molar-refractivity contribution in [1.29, 1.82) is 5.26 Å². The number of halogens is 1. The molecular formula is C17H18ClN3O2. The first-order chi connectivity index (χ1) is 11.1. The number of benzene rings is 1. The van der Waals surface area contributed by atoms with Crippen molar-refractivity contribution >= 4 is 17.6 Å². The third-order valence-corrected chi connectivity index (χ3v) is 3.83. The van der Waals surface area contributed by atoms with Crippen LogP contribution in [0.4, 0.5) is 0 Å². The average molecular weight is 332 g/mol. The Balaban J connectivity index is 2.05. The number of nitriles is 1. The number of ether oxygens (including phenoxy) is 1. The van der Waals surface area contributed by atoms with Crippen molar-refractivity contribution in [3.05, 3.63) is 51.8 Å². The first-order valence-corrected chi connectivity index (χ1v) is 7.83. The molecule has 0 spiro atoms. The van der Waals surface area contributed by atoms with Crippen molar-refractivity contribution in [3.63, 3.8) is 0 Å². The van der Waals surface area contributed by atoms with Crippen LogP contribution in [-0.4, -0.2) is 15.7 Å². The number of carbonyl (C=O) groups excluding carboxylic acids is 1. The van der Waals surface area contributed by atoms with E-state index >= 15 is 0 Å². The standard InChI is InChI=1S/C17H18ClN3O2/c1-3-4-9-21-16(18)15(12(2)20-21)17(22)23-11-14-7-5-13(10-19)6-8-14/h5-8H,3-4,9,11H2,1-2H3. The van der Waals surface area contributed by atoms with Gasteiger partial charge >= 0.3 is 5.97 Å². The molecular weight excluding hydrogens is 314 g/mol. The maximum atomic E-state index is 12.3. The Morgan fingerprint density at radius 3 is 2.70 bits per heavy atom. The van der Waals surface area contributed by atoms with Crippen molar-refractivity contribution in [2.75, 3.05) is 0 Å². The van der Waals surface area contributed by atoms with Gasteiger partial charge in [0, 0.05) is 6.54 Å². The summed E-state index contributed by atoms with van der Waals surface area (Å²) in [6.07, 6.45) is 1.97.